The molecule has 0 aliphatic carbocycles. The van der Waals surface area contributed by atoms with E-state index >= 15 is 0 Å². The van der Waals surface area contributed by atoms with E-state index in [0.717, 1.165) is 0 Å². The predicted molar refractivity (Wildman–Crippen MR) is 77.2 cm³/mol. The van der Waals surface area contributed by atoms with Gasteiger partial charge in [-0.1, -0.05) is 12.1 Å². The van der Waals surface area contributed by atoms with Gasteiger partial charge >= 0.3 is 0 Å². The summed E-state index contributed by atoms with van der Waals surface area (Å²) in [6.07, 6.45) is 0. The minimum Gasteiger partial charge on any atom is -0.368 e. The molecule has 0 saturated heterocycles. The third-order valence-corrected chi connectivity index (χ3v) is 3.00. The zero-order chi connectivity index (χ0) is 14.8. The molecule has 3 rings (SSSR count). The van der Waals surface area contributed by atoms with Gasteiger partial charge in [-0.15, -0.1) is 0 Å². The molecular weight excluding hydrogens is 272 g/mol. The number of nitrogens with zero attached hydrogens (tertiary/aromatic N) is 2. The maximum Gasteiger partial charge on any atom is 0.221 e. The molecule has 5 heteroatoms. The van der Waals surface area contributed by atoms with Crippen LogP contribution in [0.25, 0.3) is 22.5 Å². The minimum atomic E-state index is -0.354. The Labute approximate surface area is 120 Å². The van der Waals surface area contributed by atoms with Gasteiger partial charge in [-0.25, -0.2) is 18.7 Å². The summed E-state index contributed by atoms with van der Waals surface area (Å²) >= 11 is 0. The van der Waals surface area contributed by atoms with Gasteiger partial charge in [0.1, 0.15) is 11.6 Å². The van der Waals surface area contributed by atoms with Crippen molar-refractivity contribution < 1.29 is 8.78 Å². The van der Waals surface area contributed by atoms with E-state index in [1.54, 1.807) is 30.3 Å². The van der Waals surface area contributed by atoms with E-state index in [-0.39, 0.29) is 17.6 Å². The molecule has 0 radical (unpaired) electrons. The maximum absolute atomic E-state index is 13.3. The van der Waals surface area contributed by atoms with Crippen molar-refractivity contribution in [3.63, 3.8) is 0 Å². The molecule has 0 fully saturated rings. The molecule has 0 bridgehead atoms. The van der Waals surface area contributed by atoms with Gasteiger partial charge in [-0.3, -0.25) is 0 Å². The van der Waals surface area contributed by atoms with Gasteiger partial charge in [0.15, 0.2) is 0 Å². The largest absolute Gasteiger partial charge is 0.368 e. The quantitative estimate of drug-likeness (QED) is 0.780. The fraction of sp³-hybridized carbons (Fsp3) is 0. The predicted octanol–water partition coefficient (Wildman–Crippen LogP) is 3.67. The summed E-state index contributed by atoms with van der Waals surface area (Å²) in [5, 5.41) is 0. The average molecular weight is 283 g/mol. The molecule has 3 nitrogen and oxygen atoms in total. The lowest BCUT2D eigenvalue weighted by molar-refractivity contribution is 0.627. The third-order valence-electron chi connectivity index (χ3n) is 3.00. The van der Waals surface area contributed by atoms with Crippen molar-refractivity contribution in [2.75, 3.05) is 5.73 Å². The second-order valence-corrected chi connectivity index (χ2v) is 4.51. The van der Waals surface area contributed by atoms with E-state index in [0.29, 0.717) is 22.5 Å². The molecule has 104 valence electrons. The van der Waals surface area contributed by atoms with Gasteiger partial charge in [-0.05, 0) is 42.5 Å². The first-order chi connectivity index (χ1) is 10.1. The molecule has 0 unspecified atom stereocenters. The molecule has 21 heavy (non-hydrogen) atoms. The van der Waals surface area contributed by atoms with E-state index in [1.807, 2.05) is 0 Å². The lowest BCUT2D eigenvalue weighted by Gasteiger charge is -2.06. The third kappa shape index (κ3) is 2.86. The van der Waals surface area contributed by atoms with Crippen molar-refractivity contribution in [1.29, 1.82) is 0 Å². The number of aromatic nitrogens is 2. The van der Waals surface area contributed by atoms with Crippen LogP contribution in [-0.4, -0.2) is 9.97 Å². The molecule has 0 spiro atoms. The van der Waals surface area contributed by atoms with Crippen LogP contribution in [0.3, 0.4) is 0 Å². The number of nitrogens with two attached hydrogens (primary N) is 1. The highest BCUT2D eigenvalue weighted by atomic mass is 19.1. The Bertz CT molecular complexity index is 786. The van der Waals surface area contributed by atoms with E-state index in [2.05, 4.69) is 9.97 Å². The van der Waals surface area contributed by atoms with Crippen molar-refractivity contribution in [3.05, 3.63) is 66.2 Å². The van der Waals surface area contributed by atoms with E-state index in [1.165, 1.54) is 24.3 Å². The Morgan fingerprint density at radius 3 is 2.05 bits per heavy atom. The first-order valence-electron chi connectivity index (χ1n) is 6.28. The normalized spacial score (nSPS) is 10.6. The van der Waals surface area contributed by atoms with Crippen LogP contribution < -0.4 is 5.73 Å². The average Bonchev–Trinajstić information content (AvgIpc) is 2.47. The molecule has 1 heterocycles. The highest BCUT2D eigenvalue weighted by molar-refractivity contribution is 5.69. The lowest BCUT2D eigenvalue weighted by Crippen LogP contribution is -1.98. The summed E-state index contributed by atoms with van der Waals surface area (Å²) in [4.78, 5) is 8.25. The fourth-order valence-electron chi connectivity index (χ4n) is 2.03. The molecule has 0 aliphatic heterocycles. The van der Waals surface area contributed by atoms with Crippen molar-refractivity contribution in [2.45, 2.75) is 0 Å². The summed E-state index contributed by atoms with van der Waals surface area (Å²) in [5.41, 5.74) is 8.10. The van der Waals surface area contributed by atoms with Gasteiger partial charge in [-0.2, -0.15) is 0 Å². The number of nitrogen functional groups attached to an aromatic ring is 1. The Balaban J connectivity index is 2.10. The minimum absolute atomic E-state index is 0.0797. The molecule has 2 N–H and O–H groups in total. The van der Waals surface area contributed by atoms with Crippen LogP contribution in [0.4, 0.5) is 14.7 Å². The summed E-state index contributed by atoms with van der Waals surface area (Å²) in [7, 11) is 0. The molecule has 3 aromatic rings. The SMILES string of the molecule is Nc1nc(-c2ccc(F)cc2)cc(-c2cccc(F)c2)n1. The first-order valence-corrected chi connectivity index (χ1v) is 6.28. The Hall–Kier alpha value is -2.82. The van der Waals surface area contributed by atoms with E-state index in [4.69, 9.17) is 5.73 Å². The van der Waals surface area contributed by atoms with Crippen LogP contribution in [0.15, 0.2) is 54.6 Å². The summed E-state index contributed by atoms with van der Waals surface area (Å²) in [5.74, 6) is -0.602. The zero-order valence-electron chi connectivity index (χ0n) is 10.9. The van der Waals surface area contributed by atoms with E-state index < -0.39 is 0 Å². The van der Waals surface area contributed by atoms with Crippen LogP contribution in [0.2, 0.25) is 0 Å². The van der Waals surface area contributed by atoms with Gasteiger partial charge in [0.05, 0.1) is 11.4 Å². The number of rotatable bonds is 2. The molecule has 0 aliphatic rings. The summed E-state index contributed by atoms with van der Waals surface area (Å²) in [6, 6.07) is 13.6. The standard InChI is InChI=1S/C16H11F2N3/c17-12-6-4-10(5-7-12)14-9-15(21-16(19)20-14)11-2-1-3-13(18)8-11/h1-9H,(H2,19,20,21). The highest BCUT2D eigenvalue weighted by Gasteiger charge is 2.08. The van der Waals surface area contributed by atoms with Crippen LogP contribution in [0.1, 0.15) is 0 Å². The van der Waals surface area contributed by atoms with Gasteiger partial charge in [0.25, 0.3) is 0 Å². The van der Waals surface area contributed by atoms with Crippen molar-refractivity contribution in [1.82, 2.24) is 9.97 Å². The monoisotopic (exact) mass is 283 g/mol. The van der Waals surface area contributed by atoms with Crippen LogP contribution in [-0.2, 0) is 0 Å². The second-order valence-electron chi connectivity index (χ2n) is 4.51. The summed E-state index contributed by atoms with van der Waals surface area (Å²) < 4.78 is 26.3. The maximum atomic E-state index is 13.3. The Morgan fingerprint density at radius 1 is 0.714 bits per heavy atom. The van der Waals surface area contributed by atoms with Crippen molar-refractivity contribution in [2.24, 2.45) is 0 Å². The second kappa shape index (κ2) is 5.28. The molecule has 1 aromatic heterocycles. The van der Waals surface area contributed by atoms with Crippen LogP contribution in [0.5, 0.6) is 0 Å². The van der Waals surface area contributed by atoms with Gasteiger partial charge < -0.3 is 5.73 Å². The van der Waals surface area contributed by atoms with Crippen molar-refractivity contribution >= 4 is 5.95 Å². The van der Waals surface area contributed by atoms with Crippen molar-refractivity contribution in [3.8, 4) is 22.5 Å². The Morgan fingerprint density at radius 2 is 1.38 bits per heavy atom. The van der Waals surface area contributed by atoms with Crippen LogP contribution in [0, 0.1) is 11.6 Å². The molecule has 0 amide bonds. The number of anilines is 1. The molecule has 2 aromatic carbocycles. The number of halogens is 2. The number of benzene rings is 2. The van der Waals surface area contributed by atoms with Crippen LogP contribution >= 0.6 is 0 Å². The Kier molecular flexibility index (Phi) is 3.31. The molecule has 0 atom stereocenters. The topological polar surface area (TPSA) is 51.8 Å². The number of hydrogen-bond acceptors (Lipinski definition) is 3. The molecule has 0 saturated carbocycles. The number of hydrogen-bond donors (Lipinski definition) is 1. The van der Waals surface area contributed by atoms with Gasteiger partial charge in [0.2, 0.25) is 5.95 Å². The lowest BCUT2D eigenvalue weighted by atomic mass is 10.1. The fourth-order valence-corrected chi connectivity index (χ4v) is 2.03. The zero-order valence-corrected chi connectivity index (χ0v) is 10.9. The summed E-state index contributed by atoms with van der Waals surface area (Å²) in [6.45, 7) is 0. The first kappa shape index (κ1) is 13.2. The smallest absolute Gasteiger partial charge is 0.221 e. The highest BCUT2D eigenvalue weighted by Crippen LogP contribution is 2.25. The van der Waals surface area contributed by atoms with Gasteiger partial charge in [0, 0.05) is 11.1 Å². The molecular formula is C16H11F2N3. The van der Waals surface area contributed by atoms with E-state index in [9.17, 15) is 8.78 Å².